The van der Waals surface area contributed by atoms with E-state index in [9.17, 15) is 53.4 Å². The fraction of sp³-hybridized carbons (Fsp3) is 0.500. The largest absolute Gasteiger partial charge is 0.485 e. The second-order valence-electron chi connectivity index (χ2n) is 11.0. The molecule has 4 aromatic heterocycles. The van der Waals surface area contributed by atoms with Gasteiger partial charge in [-0.15, -0.1) is 0 Å². The van der Waals surface area contributed by atoms with Gasteiger partial charge in [-0.2, -0.15) is 4.31 Å². The van der Waals surface area contributed by atoms with E-state index in [1.54, 1.807) is 0 Å². The SMILES string of the molecule is [B-]P(=O)(OP(=O)(O)OC[C@H]1O[C@@H](n2cnc3c(N)ncnc32)[C@H](O)[C@@H]1O)OP(=O)(O)OP(=O)(O)OC[C@H]1O[C@@H](n2cnc3c(N)ncnc32)[C@H](O)[C@@H]1O. The fourth-order valence-corrected chi connectivity index (χ4v) is 10.3. The lowest BCUT2D eigenvalue weighted by atomic mass is 10.1. The average Bonchev–Trinajstić information content (AvgIpc) is 3.80. The van der Waals surface area contributed by atoms with Crippen LogP contribution in [0.5, 0.6) is 0 Å². The molecule has 2 fully saturated rings. The average molecular weight is 830 g/mol. The van der Waals surface area contributed by atoms with Gasteiger partial charge >= 0.3 is 23.5 Å². The van der Waals surface area contributed by atoms with E-state index in [1.165, 1.54) is 9.13 Å². The number of fused-ring (bicyclic) bond motifs is 2. The summed E-state index contributed by atoms with van der Waals surface area (Å²) in [5.41, 5.74) is 11.9. The number of hydrogen-bond acceptors (Lipinski definition) is 23. The van der Waals surface area contributed by atoms with Gasteiger partial charge in [-0.3, -0.25) is 18.2 Å². The van der Waals surface area contributed by atoms with Crippen LogP contribution in [0, 0.1) is 0 Å². The van der Waals surface area contributed by atoms with Gasteiger partial charge in [0.1, 0.15) is 60.3 Å². The number of rotatable bonds is 14. The third-order valence-corrected chi connectivity index (χ3v) is 13.5. The summed E-state index contributed by atoms with van der Waals surface area (Å²) in [5, 5.41) is 41.9. The number of ether oxygens (including phenoxy) is 2. The zero-order valence-corrected chi connectivity index (χ0v) is 29.6. The van der Waals surface area contributed by atoms with Crippen molar-refractivity contribution >= 4 is 72.5 Å². The van der Waals surface area contributed by atoms with E-state index in [0.717, 1.165) is 25.3 Å². The van der Waals surface area contributed by atoms with Crippen LogP contribution in [0.25, 0.3) is 22.3 Å². The number of phosphoric ester groups is 2. The number of aliphatic hydroxyl groups excluding tert-OH is 4. The third-order valence-electron chi connectivity index (χ3n) is 7.44. The molecule has 2 aliphatic heterocycles. The van der Waals surface area contributed by atoms with E-state index in [0.29, 0.717) is 0 Å². The second kappa shape index (κ2) is 14.7. The maximum Gasteiger partial charge on any atom is 0.485 e. The molecule has 0 bridgehead atoms. The first-order chi connectivity index (χ1) is 24.7. The van der Waals surface area contributed by atoms with E-state index in [2.05, 4.69) is 51.9 Å². The first-order valence-electron chi connectivity index (χ1n) is 14.4. The fourth-order valence-electron chi connectivity index (χ4n) is 5.14. The molecule has 6 heterocycles. The van der Waals surface area contributed by atoms with Crippen LogP contribution in [0.15, 0.2) is 25.3 Å². The maximum atomic E-state index is 12.6. The number of imidazole rings is 2. The number of aliphatic hydroxyl groups is 4. The molecule has 33 heteroatoms. The molecule has 0 aliphatic carbocycles. The minimum absolute atomic E-state index is 0.00238. The van der Waals surface area contributed by atoms with Crippen molar-refractivity contribution in [2.75, 3.05) is 24.7 Å². The van der Waals surface area contributed by atoms with E-state index in [1.807, 2.05) is 0 Å². The van der Waals surface area contributed by atoms with Gasteiger partial charge in [0.15, 0.2) is 35.4 Å². The van der Waals surface area contributed by atoms with Gasteiger partial charge in [-0.1, -0.05) is 0 Å². The number of nitrogen functional groups attached to an aromatic ring is 2. The highest BCUT2D eigenvalue weighted by molar-refractivity contribution is 7.87. The highest BCUT2D eigenvalue weighted by Crippen LogP contribution is 2.71. The van der Waals surface area contributed by atoms with E-state index in [-0.39, 0.29) is 34.0 Å². The number of phosphoric acid groups is 3. The van der Waals surface area contributed by atoms with Gasteiger partial charge in [-0.25, -0.2) is 52.2 Å². The van der Waals surface area contributed by atoms with Crippen molar-refractivity contribution in [2.24, 2.45) is 0 Å². The summed E-state index contributed by atoms with van der Waals surface area (Å²) in [6.45, 7) is -2.13. The lowest BCUT2D eigenvalue weighted by Gasteiger charge is -2.29. The van der Waals surface area contributed by atoms with Crippen LogP contribution in [0.2, 0.25) is 0 Å². The molecule has 0 aromatic carbocycles. The molecule has 28 nitrogen and oxygen atoms in total. The molecule has 4 unspecified atom stereocenters. The van der Waals surface area contributed by atoms with E-state index >= 15 is 0 Å². The molecule has 2 saturated heterocycles. The Kier molecular flexibility index (Phi) is 11.0. The van der Waals surface area contributed by atoms with Crippen LogP contribution in [-0.2, 0) is 49.7 Å². The van der Waals surface area contributed by atoms with Crippen LogP contribution < -0.4 is 11.5 Å². The quantitative estimate of drug-likeness (QED) is 0.0478. The molecule has 4 aromatic rings. The smallest absolute Gasteiger partial charge is 0.442 e. The predicted molar refractivity (Wildman–Crippen MR) is 169 cm³/mol. The van der Waals surface area contributed by atoms with Gasteiger partial charge in [0, 0.05) is 0 Å². The Balaban J connectivity index is 1.01. The zero-order valence-electron chi connectivity index (χ0n) is 26.1. The molecule has 3 radical (unpaired) electrons. The van der Waals surface area contributed by atoms with Crippen LogP contribution >= 0.6 is 30.9 Å². The van der Waals surface area contributed by atoms with Gasteiger partial charge in [0.25, 0.3) is 0 Å². The Bertz CT molecular complexity index is 2050. The molecule has 12 atom stereocenters. The Labute approximate surface area is 295 Å². The molecular formula is C20H27BN10O18P4-. The Morgan fingerprint density at radius 1 is 0.642 bits per heavy atom. The highest BCUT2D eigenvalue weighted by atomic mass is 31.3. The zero-order chi connectivity index (χ0) is 38.7. The van der Waals surface area contributed by atoms with E-state index in [4.69, 9.17) is 28.5 Å². The molecule has 0 amide bonds. The maximum absolute atomic E-state index is 12.6. The van der Waals surface area contributed by atoms with Gasteiger partial charge < -0.3 is 68.2 Å². The van der Waals surface area contributed by atoms with Crippen molar-refractivity contribution in [2.45, 2.75) is 49.1 Å². The number of nitrogens with two attached hydrogens (primary N) is 2. The molecular weight excluding hydrogens is 803 g/mol. The van der Waals surface area contributed by atoms with Crippen LogP contribution in [0.1, 0.15) is 12.5 Å². The Hall–Kier alpha value is -2.88. The summed E-state index contributed by atoms with van der Waals surface area (Å²) in [6.07, 6.45) is -8.33. The molecule has 0 spiro atoms. The predicted octanol–water partition coefficient (Wildman–Crippen LogP) is -2.27. The van der Waals surface area contributed by atoms with Gasteiger partial charge in [0.05, 0.1) is 33.3 Å². The standard InChI is InChI=1S/C20H27BN10O18P4/c21-50(36,47-51(37,38)43-1-7-11(32)13(34)19(45-7)30-5-28-9-15(22)24-3-26-17(9)30)48-53(41,42)49-52(39,40)44-2-8-12(33)14(35)20(46-8)31-6-29-10-16(23)25-4-27-18(10)31/h3-8,11-14,19-20,32-35H,1-2H2,(H,37,38)(H,39,40)(H,41,42)(H2,22,24,26)(H2,23,25,27)/q-1/t7-,8-,11-,12-,13-,14-,19-,20-,50?/m1/s1. The van der Waals surface area contributed by atoms with E-state index < -0.39 is 93.2 Å². The first kappa shape index (κ1) is 39.8. The minimum Gasteiger partial charge on any atom is -0.442 e. The lowest BCUT2D eigenvalue weighted by molar-refractivity contribution is -0.0503. The summed E-state index contributed by atoms with van der Waals surface area (Å²) in [5.74, 6) is -0.00771. The number of nitrogens with zero attached hydrogens (tertiary/aromatic N) is 8. The molecule has 0 saturated carbocycles. The molecule has 2 aliphatic rings. The molecule has 11 N–H and O–H groups in total. The highest BCUT2D eigenvalue weighted by Gasteiger charge is 2.48. The Morgan fingerprint density at radius 2 is 1.04 bits per heavy atom. The van der Waals surface area contributed by atoms with Crippen LogP contribution in [-0.4, -0.2) is 132 Å². The third kappa shape index (κ3) is 8.52. The molecule has 53 heavy (non-hydrogen) atoms. The van der Waals surface area contributed by atoms with Crippen molar-refractivity contribution in [3.8, 4) is 0 Å². The monoisotopic (exact) mass is 830 g/mol. The number of anilines is 2. The van der Waals surface area contributed by atoms with Crippen molar-refractivity contribution in [3.05, 3.63) is 25.3 Å². The summed E-state index contributed by atoms with van der Waals surface area (Å²) < 4.78 is 84.6. The van der Waals surface area contributed by atoms with Gasteiger partial charge in [-0.05, 0) is 0 Å². The Morgan fingerprint density at radius 3 is 1.47 bits per heavy atom. The van der Waals surface area contributed by atoms with Crippen molar-refractivity contribution < 1.29 is 84.8 Å². The summed E-state index contributed by atoms with van der Waals surface area (Å²) in [6, 6.07) is 0. The normalized spacial score (nSPS) is 30.9. The van der Waals surface area contributed by atoms with Crippen LogP contribution in [0.3, 0.4) is 0 Å². The molecule has 289 valence electrons. The first-order valence-corrected chi connectivity index (χ1v) is 20.5. The van der Waals surface area contributed by atoms with Gasteiger partial charge in [0.2, 0.25) is 0 Å². The number of hydrogen-bond donors (Lipinski definition) is 9. The second-order valence-corrected chi connectivity index (χ2v) is 17.4. The molecule has 6 rings (SSSR count). The van der Waals surface area contributed by atoms with Crippen molar-refractivity contribution in [1.29, 1.82) is 0 Å². The number of aromatic nitrogens is 8. The summed E-state index contributed by atoms with van der Waals surface area (Å²) >= 11 is 0. The van der Waals surface area contributed by atoms with Crippen LogP contribution in [0.4, 0.5) is 11.6 Å². The van der Waals surface area contributed by atoms with Crippen molar-refractivity contribution in [1.82, 2.24) is 39.0 Å². The minimum atomic E-state index is -6.07. The summed E-state index contributed by atoms with van der Waals surface area (Å²) in [4.78, 5) is 53.5. The summed E-state index contributed by atoms with van der Waals surface area (Å²) in [7, 11) is -18.0. The lowest BCUT2D eigenvalue weighted by Crippen LogP contribution is -2.33. The van der Waals surface area contributed by atoms with Crippen molar-refractivity contribution in [3.63, 3.8) is 0 Å². The topological polar surface area (TPSA) is 414 Å².